The molecule has 0 aliphatic heterocycles. The van der Waals surface area contributed by atoms with E-state index in [1.807, 2.05) is 74.5 Å². The van der Waals surface area contributed by atoms with Crippen LogP contribution in [0.25, 0.3) is 0 Å². The van der Waals surface area contributed by atoms with E-state index >= 15 is 0 Å². The second-order valence-electron chi connectivity index (χ2n) is 12.2. The highest BCUT2D eigenvalue weighted by Crippen LogP contribution is 2.16. The Hall–Kier alpha value is -4.85. The standard InChI is InChI=1S/C37H45N5O7S/c1-25(2)34(42-37(46)49-22-30-24-50-33(39-30)23-47-3)35(44)41-31(18-27-13-8-5-9-14-27)32(43)19-29(17-26-11-6-4-7-12-26)40-36(45)48-21-28-15-10-16-38-20-28/h4-16,20,24-25,29,31-32,34,43H,17-19,21-23H2,1-3H3,(H,40,45)(H,41,44)(H,42,46)/t29-,31-,32-,34-/m0/s1. The predicted molar refractivity (Wildman–Crippen MR) is 189 cm³/mol. The van der Waals surface area contributed by atoms with Crippen molar-refractivity contribution in [2.75, 3.05) is 7.11 Å². The van der Waals surface area contributed by atoms with E-state index in [0.29, 0.717) is 25.1 Å². The van der Waals surface area contributed by atoms with Crippen LogP contribution in [0.5, 0.6) is 0 Å². The third kappa shape index (κ3) is 12.9. The van der Waals surface area contributed by atoms with Gasteiger partial charge in [0.15, 0.2) is 0 Å². The molecule has 4 atom stereocenters. The topological polar surface area (TPSA) is 161 Å². The van der Waals surface area contributed by atoms with Gasteiger partial charge in [0.1, 0.15) is 24.3 Å². The predicted octanol–water partition coefficient (Wildman–Crippen LogP) is 4.95. The number of hydrogen-bond acceptors (Lipinski definition) is 10. The summed E-state index contributed by atoms with van der Waals surface area (Å²) in [7, 11) is 1.58. The SMILES string of the molecule is COCc1nc(COC(=O)N[C@H](C(=O)N[C@@H](Cc2ccccc2)[C@@H](O)C[C@H](Cc2ccccc2)NC(=O)OCc2cccnc2)C(C)C)cs1. The highest BCUT2D eigenvalue weighted by atomic mass is 32.1. The van der Waals surface area contributed by atoms with Crippen LogP contribution in [-0.2, 0) is 51.7 Å². The third-order valence-electron chi connectivity index (χ3n) is 7.80. The van der Waals surface area contributed by atoms with E-state index in [2.05, 4.69) is 25.9 Å². The molecule has 0 saturated heterocycles. The van der Waals surface area contributed by atoms with E-state index in [-0.39, 0.29) is 25.6 Å². The van der Waals surface area contributed by atoms with Crippen LogP contribution in [0.3, 0.4) is 0 Å². The first kappa shape index (κ1) is 38.0. The van der Waals surface area contributed by atoms with Gasteiger partial charge >= 0.3 is 12.2 Å². The number of methoxy groups -OCH3 is 1. The first-order chi connectivity index (χ1) is 24.2. The van der Waals surface area contributed by atoms with Crippen LogP contribution >= 0.6 is 11.3 Å². The molecule has 2 aromatic carbocycles. The number of amides is 3. The van der Waals surface area contributed by atoms with Gasteiger partial charge in [-0.3, -0.25) is 9.78 Å². The number of ether oxygens (including phenoxy) is 3. The maximum Gasteiger partial charge on any atom is 0.408 e. The van der Waals surface area contributed by atoms with E-state index in [9.17, 15) is 19.5 Å². The Morgan fingerprint density at radius 3 is 2.08 bits per heavy atom. The number of carbonyl (C=O) groups is 3. The van der Waals surface area contributed by atoms with Crippen molar-refractivity contribution in [3.63, 3.8) is 0 Å². The number of hydrogen-bond donors (Lipinski definition) is 4. The fourth-order valence-electron chi connectivity index (χ4n) is 5.26. The van der Waals surface area contributed by atoms with Gasteiger partial charge in [-0.05, 0) is 42.4 Å². The Morgan fingerprint density at radius 1 is 0.800 bits per heavy atom. The second-order valence-corrected chi connectivity index (χ2v) is 13.1. The van der Waals surface area contributed by atoms with Gasteiger partial charge in [-0.25, -0.2) is 14.6 Å². The number of carbonyl (C=O) groups excluding carboxylic acids is 3. The van der Waals surface area contributed by atoms with Crippen LogP contribution in [0.1, 0.15) is 47.7 Å². The quantitative estimate of drug-likeness (QED) is 0.112. The summed E-state index contributed by atoms with van der Waals surface area (Å²) < 4.78 is 15.9. The molecule has 4 aromatic rings. The maximum absolute atomic E-state index is 13.7. The van der Waals surface area contributed by atoms with Crippen LogP contribution < -0.4 is 16.0 Å². The van der Waals surface area contributed by atoms with Gasteiger partial charge in [-0.15, -0.1) is 11.3 Å². The van der Waals surface area contributed by atoms with Crippen LogP contribution in [0.2, 0.25) is 0 Å². The zero-order chi connectivity index (χ0) is 35.7. The lowest BCUT2D eigenvalue weighted by Crippen LogP contribution is -2.56. The van der Waals surface area contributed by atoms with Crippen molar-refractivity contribution in [1.29, 1.82) is 0 Å². The molecule has 0 saturated carbocycles. The lowest BCUT2D eigenvalue weighted by molar-refractivity contribution is -0.125. The van der Waals surface area contributed by atoms with Gasteiger partial charge in [0.05, 0.1) is 24.4 Å². The summed E-state index contributed by atoms with van der Waals surface area (Å²) in [5.41, 5.74) is 3.17. The molecule has 0 spiro atoms. The highest BCUT2D eigenvalue weighted by Gasteiger charge is 2.31. The van der Waals surface area contributed by atoms with E-state index in [0.717, 1.165) is 21.7 Å². The molecule has 2 heterocycles. The minimum absolute atomic E-state index is 0.0393. The normalized spacial score (nSPS) is 13.5. The Bertz CT molecular complexity index is 1610. The van der Waals surface area contributed by atoms with Crippen LogP contribution in [0.4, 0.5) is 9.59 Å². The number of nitrogens with zero attached hydrogens (tertiary/aromatic N) is 2. The number of thiazole rings is 1. The third-order valence-corrected chi connectivity index (χ3v) is 8.67. The summed E-state index contributed by atoms with van der Waals surface area (Å²) in [6, 6.07) is 20.4. The lowest BCUT2D eigenvalue weighted by atomic mass is 9.93. The van der Waals surface area contributed by atoms with Crippen molar-refractivity contribution in [2.45, 2.75) is 77.2 Å². The van der Waals surface area contributed by atoms with Crippen molar-refractivity contribution in [2.24, 2.45) is 5.92 Å². The molecule has 50 heavy (non-hydrogen) atoms. The molecule has 0 bridgehead atoms. The van der Waals surface area contributed by atoms with Gasteiger partial charge in [0, 0.05) is 36.5 Å². The molecule has 2 aromatic heterocycles. The van der Waals surface area contributed by atoms with Crippen molar-refractivity contribution in [1.82, 2.24) is 25.9 Å². The Morgan fingerprint density at radius 2 is 1.44 bits per heavy atom. The van der Waals surface area contributed by atoms with E-state index in [1.54, 1.807) is 37.0 Å². The smallest absolute Gasteiger partial charge is 0.408 e. The zero-order valence-corrected chi connectivity index (χ0v) is 29.3. The number of pyridine rings is 1. The molecule has 0 aliphatic carbocycles. The van der Waals surface area contributed by atoms with Crippen LogP contribution in [0.15, 0.2) is 90.6 Å². The van der Waals surface area contributed by atoms with E-state index < -0.39 is 42.3 Å². The molecule has 0 unspecified atom stereocenters. The van der Waals surface area contributed by atoms with Gasteiger partial charge < -0.3 is 35.3 Å². The molecular formula is C37H45N5O7S. The van der Waals surface area contributed by atoms with Crippen LogP contribution in [0, 0.1) is 5.92 Å². The zero-order valence-electron chi connectivity index (χ0n) is 28.5. The summed E-state index contributed by atoms with van der Waals surface area (Å²) in [4.78, 5) is 47.8. The molecule has 0 radical (unpaired) electrons. The average Bonchev–Trinajstić information content (AvgIpc) is 3.57. The number of aromatic nitrogens is 2. The number of alkyl carbamates (subject to hydrolysis) is 2. The number of aliphatic hydroxyl groups excluding tert-OH is 1. The molecule has 4 rings (SSSR count). The second kappa shape index (κ2) is 20.0. The van der Waals surface area contributed by atoms with Crippen molar-refractivity contribution in [3.05, 3.63) is 118 Å². The van der Waals surface area contributed by atoms with Gasteiger partial charge in [-0.2, -0.15) is 0 Å². The molecule has 4 N–H and O–H groups in total. The fraction of sp³-hybridized carbons (Fsp3) is 0.378. The maximum atomic E-state index is 13.7. The van der Waals surface area contributed by atoms with Crippen molar-refractivity contribution < 1.29 is 33.7 Å². The minimum atomic E-state index is -1.09. The molecule has 266 valence electrons. The van der Waals surface area contributed by atoms with E-state index in [1.165, 1.54) is 11.3 Å². The lowest BCUT2D eigenvalue weighted by Gasteiger charge is -2.30. The molecular weight excluding hydrogens is 659 g/mol. The summed E-state index contributed by atoms with van der Waals surface area (Å²) in [5, 5.41) is 22.8. The average molecular weight is 704 g/mol. The van der Waals surface area contributed by atoms with Gasteiger partial charge in [0.25, 0.3) is 0 Å². The Kier molecular flexibility index (Phi) is 15.2. The van der Waals surface area contributed by atoms with Crippen molar-refractivity contribution in [3.8, 4) is 0 Å². The largest absolute Gasteiger partial charge is 0.445 e. The number of rotatable bonds is 18. The summed E-state index contributed by atoms with van der Waals surface area (Å²) in [6.45, 7) is 3.96. The van der Waals surface area contributed by atoms with Crippen LogP contribution in [-0.4, -0.2) is 64.5 Å². The first-order valence-electron chi connectivity index (χ1n) is 16.4. The number of benzene rings is 2. The Labute approximate surface area is 296 Å². The fourth-order valence-corrected chi connectivity index (χ4v) is 6.01. The van der Waals surface area contributed by atoms with E-state index in [4.69, 9.17) is 14.2 Å². The molecule has 3 amide bonds. The monoisotopic (exact) mass is 703 g/mol. The minimum Gasteiger partial charge on any atom is -0.445 e. The summed E-state index contributed by atoms with van der Waals surface area (Å²) in [6.07, 6.45) is 1.60. The molecule has 0 aliphatic rings. The summed E-state index contributed by atoms with van der Waals surface area (Å²) >= 11 is 1.40. The molecule has 0 fully saturated rings. The van der Waals surface area contributed by atoms with Gasteiger partial charge in [0.2, 0.25) is 5.91 Å². The molecule has 13 heteroatoms. The Balaban J connectivity index is 1.44. The number of nitrogens with one attached hydrogen (secondary N) is 3. The molecule has 12 nitrogen and oxygen atoms in total. The highest BCUT2D eigenvalue weighted by molar-refractivity contribution is 7.09. The number of aliphatic hydroxyl groups is 1. The van der Waals surface area contributed by atoms with Crippen molar-refractivity contribution >= 4 is 29.4 Å². The summed E-state index contributed by atoms with van der Waals surface area (Å²) in [5.74, 6) is -0.775. The van der Waals surface area contributed by atoms with Gasteiger partial charge in [-0.1, -0.05) is 80.6 Å². The first-order valence-corrected chi connectivity index (χ1v) is 17.3.